The minimum atomic E-state index is -0.0620. The second-order valence-electron chi connectivity index (χ2n) is 6.13. The molecule has 1 heterocycles. The Balaban J connectivity index is 2.08. The topological polar surface area (TPSA) is 30.5 Å². The van der Waals surface area contributed by atoms with Crippen LogP contribution < -0.4 is 5.32 Å². The van der Waals surface area contributed by atoms with Crippen molar-refractivity contribution in [3.05, 3.63) is 34.9 Å². The maximum Gasteiger partial charge on any atom is 0.0725 e. The van der Waals surface area contributed by atoms with Gasteiger partial charge in [0.2, 0.25) is 0 Å². The van der Waals surface area contributed by atoms with Crippen LogP contribution in [0.15, 0.2) is 18.2 Å². The van der Waals surface area contributed by atoms with E-state index < -0.39 is 0 Å². The minimum absolute atomic E-state index is 0.0620. The summed E-state index contributed by atoms with van der Waals surface area (Å²) in [6.45, 7) is 8.94. The highest BCUT2D eigenvalue weighted by molar-refractivity contribution is 5.34. The standard InChI is InChI=1S/C17H27NO2/c1-5-18-16(8-9-17(2,3)19-4)13-6-7-14-11-20-12-15(14)10-13/h6-7,10,16,18H,5,8-9,11-12H2,1-4H3. The summed E-state index contributed by atoms with van der Waals surface area (Å²) in [4.78, 5) is 0. The Bertz CT molecular complexity index is 443. The molecule has 0 spiro atoms. The Morgan fingerprint density at radius 1 is 1.30 bits per heavy atom. The summed E-state index contributed by atoms with van der Waals surface area (Å²) in [6, 6.07) is 7.14. The second-order valence-corrected chi connectivity index (χ2v) is 6.13. The fraction of sp³-hybridized carbons (Fsp3) is 0.647. The summed E-state index contributed by atoms with van der Waals surface area (Å²) in [6.07, 6.45) is 2.11. The molecule has 20 heavy (non-hydrogen) atoms. The first-order chi connectivity index (χ1) is 9.55. The van der Waals surface area contributed by atoms with Gasteiger partial charge in [-0.15, -0.1) is 0 Å². The zero-order chi connectivity index (χ0) is 14.6. The van der Waals surface area contributed by atoms with E-state index in [0.29, 0.717) is 6.04 Å². The first kappa shape index (κ1) is 15.5. The highest BCUT2D eigenvalue weighted by Crippen LogP contribution is 2.28. The molecule has 3 nitrogen and oxygen atoms in total. The molecule has 1 aliphatic heterocycles. The van der Waals surface area contributed by atoms with Gasteiger partial charge in [-0.25, -0.2) is 0 Å². The van der Waals surface area contributed by atoms with Crippen LogP contribution in [0.25, 0.3) is 0 Å². The van der Waals surface area contributed by atoms with Gasteiger partial charge >= 0.3 is 0 Å². The van der Waals surface area contributed by atoms with Gasteiger partial charge in [0.05, 0.1) is 18.8 Å². The largest absolute Gasteiger partial charge is 0.379 e. The quantitative estimate of drug-likeness (QED) is 0.826. The normalized spacial score (nSPS) is 16.2. The molecule has 112 valence electrons. The van der Waals surface area contributed by atoms with E-state index in [1.165, 1.54) is 16.7 Å². The van der Waals surface area contributed by atoms with Crippen molar-refractivity contribution in [3.8, 4) is 0 Å². The fourth-order valence-electron chi connectivity index (χ4n) is 2.64. The van der Waals surface area contributed by atoms with Crippen molar-refractivity contribution in [3.63, 3.8) is 0 Å². The predicted octanol–water partition coefficient (Wildman–Crippen LogP) is 3.57. The predicted molar refractivity (Wildman–Crippen MR) is 81.7 cm³/mol. The fourth-order valence-corrected chi connectivity index (χ4v) is 2.64. The lowest BCUT2D eigenvalue weighted by Gasteiger charge is -2.26. The molecule has 1 aliphatic rings. The zero-order valence-electron chi connectivity index (χ0n) is 13.2. The summed E-state index contributed by atoms with van der Waals surface area (Å²) in [5, 5.41) is 3.59. The average molecular weight is 277 g/mol. The van der Waals surface area contributed by atoms with Crippen LogP contribution in [-0.4, -0.2) is 19.3 Å². The number of methoxy groups -OCH3 is 1. The maximum atomic E-state index is 5.53. The van der Waals surface area contributed by atoms with Gasteiger partial charge in [0.15, 0.2) is 0 Å². The Kier molecular flexibility index (Phi) is 5.19. The highest BCUT2D eigenvalue weighted by Gasteiger charge is 2.21. The van der Waals surface area contributed by atoms with E-state index >= 15 is 0 Å². The van der Waals surface area contributed by atoms with Crippen molar-refractivity contribution in [1.82, 2.24) is 5.32 Å². The summed E-state index contributed by atoms with van der Waals surface area (Å²) in [5.74, 6) is 0. The molecule has 1 aromatic carbocycles. The molecule has 2 rings (SSSR count). The van der Waals surface area contributed by atoms with Crippen LogP contribution in [0.3, 0.4) is 0 Å². The molecule has 0 fully saturated rings. The van der Waals surface area contributed by atoms with Gasteiger partial charge in [-0.05, 0) is 49.9 Å². The van der Waals surface area contributed by atoms with E-state index in [2.05, 4.69) is 44.3 Å². The van der Waals surface area contributed by atoms with Crippen molar-refractivity contribution < 1.29 is 9.47 Å². The number of nitrogens with one attached hydrogen (secondary N) is 1. The Hall–Kier alpha value is -0.900. The van der Waals surface area contributed by atoms with Gasteiger partial charge in [-0.1, -0.05) is 25.1 Å². The number of hydrogen-bond acceptors (Lipinski definition) is 3. The smallest absolute Gasteiger partial charge is 0.0725 e. The van der Waals surface area contributed by atoms with Crippen LogP contribution in [0.2, 0.25) is 0 Å². The molecule has 1 aromatic rings. The van der Waals surface area contributed by atoms with Crippen LogP contribution in [0.5, 0.6) is 0 Å². The molecule has 0 amide bonds. The summed E-state index contributed by atoms with van der Waals surface area (Å²) >= 11 is 0. The summed E-state index contributed by atoms with van der Waals surface area (Å²) in [5.41, 5.74) is 3.98. The monoisotopic (exact) mass is 277 g/mol. The molecule has 0 saturated heterocycles. The van der Waals surface area contributed by atoms with Gasteiger partial charge in [-0.3, -0.25) is 0 Å². The van der Waals surface area contributed by atoms with Crippen LogP contribution in [0.1, 0.15) is 56.3 Å². The molecular weight excluding hydrogens is 250 g/mol. The summed E-state index contributed by atoms with van der Waals surface area (Å²) < 4.78 is 11.0. The number of rotatable bonds is 7. The van der Waals surface area contributed by atoms with Crippen LogP contribution in [0, 0.1) is 0 Å². The minimum Gasteiger partial charge on any atom is -0.379 e. The first-order valence-electron chi connectivity index (χ1n) is 7.53. The van der Waals surface area contributed by atoms with E-state index in [0.717, 1.165) is 32.6 Å². The third-order valence-electron chi connectivity index (χ3n) is 4.19. The molecule has 0 aliphatic carbocycles. The van der Waals surface area contributed by atoms with Gasteiger partial charge < -0.3 is 14.8 Å². The molecular formula is C17H27NO2. The molecule has 3 heteroatoms. The number of ether oxygens (including phenoxy) is 2. The van der Waals surface area contributed by atoms with Gasteiger partial charge in [0, 0.05) is 13.2 Å². The van der Waals surface area contributed by atoms with Crippen LogP contribution in [0.4, 0.5) is 0 Å². The van der Waals surface area contributed by atoms with Crippen LogP contribution in [-0.2, 0) is 22.7 Å². The molecule has 0 saturated carbocycles. The SMILES string of the molecule is CCNC(CCC(C)(C)OC)c1ccc2c(c1)COC2. The third-order valence-corrected chi connectivity index (χ3v) is 4.19. The van der Waals surface area contributed by atoms with E-state index in [-0.39, 0.29) is 5.60 Å². The molecule has 1 atom stereocenters. The molecule has 1 N–H and O–H groups in total. The van der Waals surface area contributed by atoms with Gasteiger partial charge in [0.25, 0.3) is 0 Å². The van der Waals surface area contributed by atoms with Crippen molar-refractivity contribution in [2.24, 2.45) is 0 Å². The number of hydrogen-bond donors (Lipinski definition) is 1. The lowest BCUT2D eigenvalue weighted by molar-refractivity contribution is 0.0117. The van der Waals surface area contributed by atoms with E-state index in [1.807, 2.05) is 0 Å². The van der Waals surface area contributed by atoms with E-state index in [1.54, 1.807) is 7.11 Å². The number of fused-ring (bicyclic) bond motifs is 1. The maximum absolute atomic E-state index is 5.53. The second kappa shape index (κ2) is 6.70. The Morgan fingerprint density at radius 3 is 2.75 bits per heavy atom. The van der Waals surface area contributed by atoms with Crippen molar-refractivity contribution in [2.75, 3.05) is 13.7 Å². The Morgan fingerprint density at radius 2 is 2.05 bits per heavy atom. The van der Waals surface area contributed by atoms with Gasteiger partial charge in [-0.2, -0.15) is 0 Å². The highest BCUT2D eigenvalue weighted by atomic mass is 16.5. The van der Waals surface area contributed by atoms with Crippen LogP contribution >= 0.6 is 0 Å². The van der Waals surface area contributed by atoms with E-state index in [4.69, 9.17) is 9.47 Å². The molecule has 0 aromatic heterocycles. The molecule has 1 unspecified atom stereocenters. The lowest BCUT2D eigenvalue weighted by Crippen LogP contribution is -2.27. The lowest BCUT2D eigenvalue weighted by atomic mass is 9.93. The van der Waals surface area contributed by atoms with Crippen molar-refractivity contribution in [1.29, 1.82) is 0 Å². The molecule has 0 radical (unpaired) electrons. The zero-order valence-corrected chi connectivity index (χ0v) is 13.2. The first-order valence-corrected chi connectivity index (χ1v) is 7.53. The summed E-state index contributed by atoms with van der Waals surface area (Å²) in [7, 11) is 1.79. The van der Waals surface area contributed by atoms with Crippen molar-refractivity contribution >= 4 is 0 Å². The van der Waals surface area contributed by atoms with E-state index in [9.17, 15) is 0 Å². The third kappa shape index (κ3) is 3.81. The molecule has 0 bridgehead atoms. The van der Waals surface area contributed by atoms with Crippen molar-refractivity contribution in [2.45, 2.75) is 58.5 Å². The average Bonchev–Trinajstić information content (AvgIpc) is 2.90. The van der Waals surface area contributed by atoms with Gasteiger partial charge in [0.1, 0.15) is 0 Å². The number of benzene rings is 1. The Labute approximate surface area is 122 Å².